The van der Waals surface area contributed by atoms with E-state index in [2.05, 4.69) is 17.6 Å². The molecule has 1 aliphatic rings. The molecule has 0 saturated carbocycles. The van der Waals surface area contributed by atoms with Gasteiger partial charge in [0.25, 0.3) is 5.91 Å². The Balaban J connectivity index is 1.50. The Labute approximate surface area is 249 Å². The van der Waals surface area contributed by atoms with Gasteiger partial charge < -0.3 is 20.1 Å². The van der Waals surface area contributed by atoms with Crippen molar-refractivity contribution in [2.45, 2.75) is 45.0 Å². The Hall–Kier alpha value is -3.95. The van der Waals surface area contributed by atoms with Gasteiger partial charge in [-0.25, -0.2) is 4.68 Å². The number of fused-ring (bicyclic) bond motifs is 1. The fourth-order valence-corrected chi connectivity index (χ4v) is 5.48. The number of nitrogens with one attached hydrogen (secondary N) is 2. The Morgan fingerprint density at radius 3 is 2.63 bits per heavy atom. The normalized spacial score (nSPS) is 14.3. The number of methoxy groups -OCH3 is 1. The van der Waals surface area contributed by atoms with Gasteiger partial charge in [0.15, 0.2) is 11.5 Å². The molecule has 1 aliphatic heterocycles. The number of hydrogen-bond donors (Lipinski definition) is 2. The number of benzene rings is 3. The lowest BCUT2D eigenvalue weighted by Gasteiger charge is -2.29. The highest BCUT2D eigenvalue weighted by atomic mass is 35.5. The van der Waals surface area contributed by atoms with Crippen LogP contribution in [-0.2, 0) is 11.4 Å². The number of aryl methyl sites for hydroxylation is 1. The predicted octanol–water partition coefficient (Wildman–Crippen LogP) is 7.26. The number of amides is 1. The van der Waals surface area contributed by atoms with Gasteiger partial charge in [0.1, 0.15) is 12.6 Å². The van der Waals surface area contributed by atoms with E-state index < -0.39 is 6.04 Å². The summed E-state index contributed by atoms with van der Waals surface area (Å²) in [6.45, 7) is 6.34. The van der Waals surface area contributed by atoms with Crippen LogP contribution in [0.2, 0.25) is 5.02 Å². The van der Waals surface area contributed by atoms with E-state index in [1.54, 1.807) is 23.6 Å². The van der Waals surface area contributed by atoms with Crippen LogP contribution in [0.15, 0.2) is 83.2 Å². The maximum atomic E-state index is 13.8. The molecule has 8 nitrogen and oxygen atoms in total. The predicted molar refractivity (Wildman–Crippen MR) is 164 cm³/mol. The van der Waals surface area contributed by atoms with E-state index in [0.717, 1.165) is 28.9 Å². The van der Waals surface area contributed by atoms with Crippen molar-refractivity contribution in [1.82, 2.24) is 14.8 Å². The van der Waals surface area contributed by atoms with Crippen molar-refractivity contribution in [3.05, 3.63) is 99.7 Å². The minimum atomic E-state index is -0.545. The van der Waals surface area contributed by atoms with Crippen LogP contribution in [0, 0.1) is 6.92 Å². The van der Waals surface area contributed by atoms with Gasteiger partial charge in [-0.1, -0.05) is 66.2 Å². The summed E-state index contributed by atoms with van der Waals surface area (Å²) in [5.41, 5.74) is 4.82. The molecule has 0 spiro atoms. The number of hydrogen-bond acceptors (Lipinski definition) is 7. The summed E-state index contributed by atoms with van der Waals surface area (Å²) < 4.78 is 13.6. The number of carbonyl (C=O) groups excluding carboxylic acids is 1. The molecule has 0 saturated heterocycles. The minimum absolute atomic E-state index is 0.229. The van der Waals surface area contributed by atoms with Crippen LogP contribution in [0.25, 0.3) is 0 Å². The zero-order valence-corrected chi connectivity index (χ0v) is 25.0. The quantitative estimate of drug-likeness (QED) is 0.188. The number of thioether (sulfide) groups is 1. The molecule has 212 valence electrons. The molecule has 2 heterocycles. The number of rotatable bonds is 10. The number of halogens is 1. The Kier molecular flexibility index (Phi) is 8.85. The third kappa shape index (κ3) is 6.52. The Morgan fingerprint density at radius 2 is 1.90 bits per heavy atom. The van der Waals surface area contributed by atoms with Crippen LogP contribution in [0.4, 0.5) is 11.6 Å². The van der Waals surface area contributed by atoms with Crippen LogP contribution >= 0.6 is 23.4 Å². The monoisotopic (exact) mass is 589 g/mol. The molecule has 1 aromatic heterocycles. The number of aromatic nitrogens is 3. The second-order valence-electron chi connectivity index (χ2n) is 9.73. The van der Waals surface area contributed by atoms with Crippen molar-refractivity contribution in [2.75, 3.05) is 23.5 Å². The minimum Gasteiger partial charge on any atom is -0.493 e. The van der Waals surface area contributed by atoms with Gasteiger partial charge in [0.05, 0.1) is 12.7 Å². The summed E-state index contributed by atoms with van der Waals surface area (Å²) in [4.78, 5) is 18.5. The van der Waals surface area contributed by atoms with E-state index in [9.17, 15) is 4.79 Å². The second-order valence-corrected chi connectivity index (χ2v) is 11.2. The molecule has 0 bridgehead atoms. The van der Waals surface area contributed by atoms with Crippen molar-refractivity contribution in [3.63, 3.8) is 0 Å². The van der Waals surface area contributed by atoms with Crippen molar-refractivity contribution in [3.8, 4) is 11.5 Å². The van der Waals surface area contributed by atoms with E-state index in [0.29, 0.717) is 51.2 Å². The Morgan fingerprint density at radius 1 is 1.10 bits per heavy atom. The topological polar surface area (TPSA) is 90.3 Å². The summed E-state index contributed by atoms with van der Waals surface area (Å²) >= 11 is 7.72. The van der Waals surface area contributed by atoms with Crippen LogP contribution in [0.1, 0.15) is 43.0 Å². The molecule has 0 aliphatic carbocycles. The molecule has 1 amide bonds. The zero-order chi connectivity index (χ0) is 28.9. The lowest BCUT2D eigenvalue weighted by Crippen LogP contribution is -2.31. The van der Waals surface area contributed by atoms with Gasteiger partial charge in [0, 0.05) is 22.2 Å². The van der Waals surface area contributed by atoms with Crippen molar-refractivity contribution >= 4 is 40.9 Å². The fourth-order valence-electron chi connectivity index (χ4n) is 4.58. The van der Waals surface area contributed by atoms with E-state index >= 15 is 0 Å². The first kappa shape index (κ1) is 28.6. The SMILES string of the molecule is CCCSc1nc2n(n1)C(c1ccc(OCc3cccc(Cl)c3)c(OC)c1)C(C(=O)Nc1ccc(C)cc1)=C(C)N2. The van der Waals surface area contributed by atoms with Gasteiger partial charge in [-0.15, -0.1) is 5.10 Å². The summed E-state index contributed by atoms with van der Waals surface area (Å²) in [6.07, 6.45) is 1.00. The molecule has 1 unspecified atom stereocenters. The summed E-state index contributed by atoms with van der Waals surface area (Å²) in [7, 11) is 1.60. The maximum Gasteiger partial charge on any atom is 0.255 e. The summed E-state index contributed by atoms with van der Waals surface area (Å²) in [5.74, 6) is 2.37. The standard InChI is InChI=1S/C31H32ClN5O3S/c1-5-15-41-31-35-30-33-20(3)27(29(38)34-24-12-9-19(2)10-13-24)28(37(30)36-31)22-11-14-25(26(17-22)39-4)40-18-21-7-6-8-23(32)16-21/h6-14,16-17,28H,5,15,18H2,1-4H3,(H,34,38)(H,33,35,36). The summed E-state index contributed by atoms with van der Waals surface area (Å²) in [5, 5.41) is 12.5. The largest absolute Gasteiger partial charge is 0.493 e. The lowest BCUT2D eigenvalue weighted by atomic mass is 9.94. The highest BCUT2D eigenvalue weighted by Crippen LogP contribution is 2.40. The van der Waals surface area contributed by atoms with Crippen molar-refractivity contribution < 1.29 is 14.3 Å². The molecule has 0 radical (unpaired) electrons. The molecule has 2 N–H and O–H groups in total. The lowest BCUT2D eigenvalue weighted by molar-refractivity contribution is -0.113. The first-order valence-electron chi connectivity index (χ1n) is 13.4. The number of carbonyl (C=O) groups is 1. The molecule has 4 aromatic rings. The molecule has 0 fully saturated rings. The van der Waals surface area contributed by atoms with E-state index in [1.807, 2.05) is 80.6 Å². The number of anilines is 2. The molecule has 1 atom stereocenters. The van der Waals surface area contributed by atoms with Gasteiger partial charge in [0.2, 0.25) is 11.1 Å². The van der Waals surface area contributed by atoms with Crippen molar-refractivity contribution in [2.24, 2.45) is 0 Å². The van der Waals surface area contributed by atoms with Crippen LogP contribution in [0.5, 0.6) is 11.5 Å². The second kappa shape index (κ2) is 12.7. The highest BCUT2D eigenvalue weighted by Gasteiger charge is 2.35. The first-order chi connectivity index (χ1) is 19.9. The smallest absolute Gasteiger partial charge is 0.255 e. The average molecular weight is 590 g/mol. The van der Waals surface area contributed by atoms with Crippen LogP contribution in [0.3, 0.4) is 0 Å². The van der Waals surface area contributed by atoms with E-state index in [1.165, 1.54) is 0 Å². The van der Waals surface area contributed by atoms with Gasteiger partial charge >= 0.3 is 0 Å². The third-order valence-corrected chi connectivity index (χ3v) is 7.89. The maximum absolute atomic E-state index is 13.8. The first-order valence-corrected chi connectivity index (χ1v) is 14.7. The average Bonchev–Trinajstić information content (AvgIpc) is 3.37. The molecule has 10 heteroatoms. The number of allylic oxidation sites excluding steroid dienone is 1. The van der Waals surface area contributed by atoms with Crippen LogP contribution < -0.4 is 20.1 Å². The van der Waals surface area contributed by atoms with E-state index in [-0.39, 0.29) is 5.91 Å². The number of nitrogens with zero attached hydrogens (tertiary/aromatic N) is 3. The molecule has 41 heavy (non-hydrogen) atoms. The molecule has 3 aromatic carbocycles. The zero-order valence-electron chi connectivity index (χ0n) is 23.4. The Bertz CT molecular complexity index is 1590. The molecular weight excluding hydrogens is 558 g/mol. The molecular formula is C31H32ClN5O3S. The van der Waals surface area contributed by atoms with Crippen LogP contribution in [-0.4, -0.2) is 33.5 Å². The van der Waals surface area contributed by atoms with Crippen molar-refractivity contribution in [1.29, 1.82) is 0 Å². The third-order valence-electron chi connectivity index (χ3n) is 6.61. The fraction of sp³-hybridized carbons (Fsp3) is 0.258. The highest BCUT2D eigenvalue weighted by molar-refractivity contribution is 7.99. The number of ether oxygens (including phenoxy) is 2. The van der Waals surface area contributed by atoms with Gasteiger partial charge in [-0.2, -0.15) is 4.98 Å². The van der Waals surface area contributed by atoms with Gasteiger partial charge in [-0.3, -0.25) is 4.79 Å². The summed E-state index contributed by atoms with van der Waals surface area (Å²) in [6, 6.07) is 20.4. The van der Waals surface area contributed by atoms with E-state index in [4.69, 9.17) is 31.2 Å². The molecule has 5 rings (SSSR count). The van der Waals surface area contributed by atoms with Gasteiger partial charge in [-0.05, 0) is 67.8 Å².